The third-order valence-corrected chi connectivity index (χ3v) is 4.56. The fraction of sp³-hybridized carbons (Fsp3) is 0.211. The highest BCUT2D eigenvalue weighted by atomic mass is 32.2. The van der Waals surface area contributed by atoms with Gasteiger partial charge in [-0.15, -0.1) is 0 Å². The van der Waals surface area contributed by atoms with Crippen molar-refractivity contribution in [3.63, 3.8) is 0 Å². The second-order valence-electron chi connectivity index (χ2n) is 5.62. The van der Waals surface area contributed by atoms with Crippen LogP contribution in [0.1, 0.15) is 11.1 Å². The Labute approximate surface area is 161 Å². The van der Waals surface area contributed by atoms with E-state index in [1.165, 1.54) is 18.1 Å². The Kier molecular flexibility index (Phi) is 6.70. The van der Waals surface area contributed by atoms with E-state index >= 15 is 0 Å². The molecule has 1 amide bonds. The summed E-state index contributed by atoms with van der Waals surface area (Å²) in [6, 6.07) is 15.6. The van der Waals surface area contributed by atoms with Crippen molar-refractivity contribution in [2.24, 2.45) is 0 Å². The maximum Gasteiger partial charge on any atom is 0.230 e. The van der Waals surface area contributed by atoms with Gasteiger partial charge in [-0.2, -0.15) is 5.10 Å². The summed E-state index contributed by atoms with van der Waals surface area (Å²) in [4.78, 5) is 15.9. The first-order chi connectivity index (χ1) is 13.2. The molecule has 8 heteroatoms. The fourth-order valence-electron chi connectivity index (χ4n) is 2.33. The monoisotopic (exact) mass is 384 g/mol. The number of amides is 1. The van der Waals surface area contributed by atoms with Gasteiger partial charge < -0.3 is 14.8 Å². The van der Waals surface area contributed by atoms with Crippen molar-refractivity contribution < 1.29 is 14.3 Å². The summed E-state index contributed by atoms with van der Waals surface area (Å²) in [5, 5.41) is 9.93. The van der Waals surface area contributed by atoms with Gasteiger partial charge in [0, 0.05) is 6.54 Å². The average Bonchev–Trinajstić information content (AvgIpc) is 3.24. The normalized spacial score (nSPS) is 10.4. The van der Waals surface area contributed by atoms with Crippen LogP contribution in [0.25, 0.3) is 0 Å². The van der Waals surface area contributed by atoms with E-state index in [9.17, 15) is 4.79 Å². The fourth-order valence-corrected chi connectivity index (χ4v) is 2.93. The summed E-state index contributed by atoms with van der Waals surface area (Å²) in [6.07, 6.45) is 1.41. The molecule has 0 bridgehead atoms. The van der Waals surface area contributed by atoms with Crippen LogP contribution in [0.15, 0.2) is 60.0 Å². The number of nitrogens with zero attached hydrogens (tertiary/aromatic N) is 2. The summed E-state index contributed by atoms with van der Waals surface area (Å²) in [5.74, 6) is 1.48. The third-order valence-electron chi connectivity index (χ3n) is 3.69. The molecule has 0 saturated carbocycles. The molecule has 1 heterocycles. The number of benzene rings is 2. The molecule has 0 aliphatic heterocycles. The van der Waals surface area contributed by atoms with E-state index in [1.54, 1.807) is 7.11 Å². The van der Waals surface area contributed by atoms with Crippen LogP contribution in [-0.2, 0) is 17.9 Å². The van der Waals surface area contributed by atoms with Crippen LogP contribution in [0.2, 0.25) is 0 Å². The molecule has 7 nitrogen and oxygen atoms in total. The van der Waals surface area contributed by atoms with Crippen molar-refractivity contribution in [1.29, 1.82) is 0 Å². The molecular formula is C19H20N4O3S. The van der Waals surface area contributed by atoms with E-state index < -0.39 is 0 Å². The third kappa shape index (κ3) is 5.75. The maximum atomic E-state index is 11.9. The molecule has 0 atom stereocenters. The lowest BCUT2D eigenvalue weighted by Crippen LogP contribution is -2.24. The summed E-state index contributed by atoms with van der Waals surface area (Å²) in [7, 11) is 1.60. The van der Waals surface area contributed by atoms with E-state index in [0.717, 1.165) is 11.1 Å². The maximum absolute atomic E-state index is 11.9. The minimum atomic E-state index is -0.0835. The van der Waals surface area contributed by atoms with Gasteiger partial charge in [0.2, 0.25) is 5.91 Å². The van der Waals surface area contributed by atoms with E-state index in [4.69, 9.17) is 9.47 Å². The zero-order chi connectivity index (χ0) is 18.9. The molecule has 3 rings (SSSR count). The highest BCUT2D eigenvalue weighted by molar-refractivity contribution is 7.99. The average molecular weight is 384 g/mol. The zero-order valence-corrected chi connectivity index (χ0v) is 15.7. The highest BCUT2D eigenvalue weighted by Crippen LogP contribution is 2.28. The molecule has 2 aromatic carbocycles. The van der Waals surface area contributed by atoms with Crippen LogP contribution in [0, 0.1) is 0 Å². The van der Waals surface area contributed by atoms with Crippen LogP contribution in [0.3, 0.4) is 0 Å². The van der Waals surface area contributed by atoms with E-state index in [1.807, 2.05) is 48.5 Å². The van der Waals surface area contributed by atoms with Gasteiger partial charge in [-0.05, 0) is 23.3 Å². The minimum Gasteiger partial charge on any atom is -0.493 e. The van der Waals surface area contributed by atoms with E-state index in [0.29, 0.717) is 29.8 Å². The van der Waals surface area contributed by atoms with Crippen molar-refractivity contribution in [3.05, 3.63) is 66.0 Å². The van der Waals surface area contributed by atoms with Gasteiger partial charge in [0.05, 0.1) is 12.9 Å². The van der Waals surface area contributed by atoms with Gasteiger partial charge in [-0.3, -0.25) is 9.89 Å². The minimum absolute atomic E-state index is 0.0835. The number of ether oxygens (including phenoxy) is 2. The van der Waals surface area contributed by atoms with Gasteiger partial charge in [0.1, 0.15) is 12.9 Å². The van der Waals surface area contributed by atoms with Crippen molar-refractivity contribution in [3.8, 4) is 11.5 Å². The number of aromatic amines is 1. The Morgan fingerprint density at radius 3 is 2.74 bits per heavy atom. The Morgan fingerprint density at radius 1 is 1.15 bits per heavy atom. The van der Waals surface area contributed by atoms with Crippen molar-refractivity contribution in [2.75, 3.05) is 12.9 Å². The molecule has 0 unspecified atom stereocenters. The number of aromatic nitrogens is 3. The molecule has 0 radical (unpaired) electrons. The number of hydrogen-bond donors (Lipinski definition) is 2. The second-order valence-corrected chi connectivity index (χ2v) is 6.58. The number of hydrogen-bond acceptors (Lipinski definition) is 6. The SMILES string of the molecule is COc1cc(CNC(=O)CSc2ncn[nH]2)ccc1OCc1ccccc1. The Morgan fingerprint density at radius 2 is 2.00 bits per heavy atom. The highest BCUT2D eigenvalue weighted by Gasteiger charge is 2.08. The summed E-state index contributed by atoms with van der Waals surface area (Å²) in [6.45, 7) is 0.872. The first kappa shape index (κ1) is 18.8. The number of carbonyl (C=O) groups is 1. The number of carbonyl (C=O) groups excluding carboxylic acids is 1. The number of rotatable bonds is 9. The number of methoxy groups -OCH3 is 1. The Hall–Kier alpha value is -3.00. The van der Waals surface area contributed by atoms with Crippen LogP contribution < -0.4 is 14.8 Å². The topological polar surface area (TPSA) is 89.1 Å². The first-order valence-electron chi connectivity index (χ1n) is 8.33. The predicted octanol–water partition coefficient (Wildman–Crippen LogP) is 2.80. The first-order valence-corrected chi connectivity index (χ1v) is 9.31. The van der Waals surface area contributed by atoms with E-state index in [-0.39, 0.29) is 11.7 Å². The summed E-state index contributed by atoms with van der Waals surface area (Å²) < 4.78 is 11.3. The lowest BCUT2D eigenvalue weighted by atomic mass is 10.2. The molecule has 0 fully saturated rings. The Bertz CT molecular complexity index is 857. The lowest BCUT2D eigenvalue weighted by molar-refractivity contribution is -0.118. The summed E-state index contributed by atoms with van der Waals surface area (Å²) >= 11 is 1.30. The smallest absolute Gasteiger partial charge is 0.230 e. The number of H-pyrrole nitrogens is 1. The number of thioether (sulfide) groups is 1. The van der Waals surface area contributed by atoms with E-state index in [2.05, 4.69) is 20.5 Å². The molecule has 0 saturated heterocycles. The van der Waals surface area contributed by atoms with Crippen molar-refractivity contribution in [1.82, 2.24) is 20.5 Å². The number of nitrogens with one attached hydrogen (secondary N) is 2. The zero-order valence-electron chi connectivity index (χ0n) is 14.8. The van der Waals surface area contributed by atoms with Crippen molar-refractivity contribution in [2.45, 2.75) is 18.3 Å². The molecule has 0 spiro atoms. The van der Waals surface area contributed by atoms with Crippen LogP contribution in [-0.4, -0.2) is 34.0 Å². The van der Waals surface area contributed by atoms with Crippen LogP contribution in [0.5, 0.6) is 11.5 Å². The van der Waals surface area contributed by atoms with Gasteiger partial charge >= 0.3 is 0 Å². The largest absolute Gasteiger partial charge is 0.493 e. The van der Waals surface area contributed by atoms with Gasteiger partial charge in [0.15, 0.2) is 16.7 Å². The molecule has 27 heavy (non-hydrogen) atoms. The van der Waals surface area contributed by atoms with Gasteiger partial charge in [-0.25, -0.2) is 4.98 Å². The Balaban J connectivity index is 1.51. The molecule has 0 aliphatic rings. The van der Waals surface area contributed by atoms with Crippen LogP contribution in [0.4, 0.5) is 0 Å². The predicted molar refractivity (Wildman–Crippen MR) is 103 cm³/mol. The molecule has 140 valence electrons. The molecular weight excluding hydrogens is 364 g/mol. The molecule has 1 aromatic heterocycles. The van der Waals surface area contributed by atoms with Crippen molar-refractivity contribution >= 4 is 17.7 Å². The summed E-state index contributed by atoms with van der Waals surface area (Å²) in [5.41, 5.74) is 2.01. The van der Waals surface area contributed by atoms with Gasteiger partial charge in [-0.1, -0.05) is 48.2 Å². The molecule has 0 aliphatic carbocycles. The lowest BCUT2D eigenvalue weighted by Gasteiger charge is -2.13. The second kappa shape index (κ2) is 9.63. The molecule has 3 aromatic rings. The quantitative estimate of drug-likeness (QED) is 0.552. The van der Waals surface area contributed by atoms with Gasteiger partial charge in [0.25, 0.3) is 0 Å². The van der Waals surface area contributed by atoms with Crippen LogP contribution >= 0.6 is 11.8 Å². The standard InChI is InChI=1S/C19H20N4O3S/c1-25-17-9-15(10-20-18(24)12-27-19-21-13-22-23-19)7-8-16(17)26-11-14-5-3-2-4-6-14/h2-9,13H,10-12H2,1H3,(H,20,24)(H,21,22,23). The molecule has 2 N–H and O–H groups in total.